The van der Waals surface area contributed by atoms with Gasteiger partial charge in [0, 0.05) is 19.3 Å². The molecule has 1 saturated heterocycles. The van der Waals surface area contributed by atoms with Gasteiger partial charge in [-0.2, -0.15) is 0 Å². The summed E-state index contributed by atoms with van der Waals surface area (Å²) in [7, 11) is -3.65. The first kappa shape index (κ1) is 14.0. The average Bonchev–Trinajstić information content (AvgIpc) is 3.06. The molecule has 0 aromatic carbocycles. The van der Waals surface area contributed by atoms with E-state index in [2.05, 4.69) is 9.71 Å². The Labute approximate surface area is 110 Å². The third-order valence-corrected chi connectivity index (χ3v) is 4.27. The molecule has 1 aromatic heterocycles. The highest BCUT2D eigenvalue weighted by Gasteiger charge is 2.21. The molecule has 8 nitrogen and oxygen atoms in total. The van der Waals surface area contributed by atoms with Crippen LogP contribution in [-0.2, 0) is 14.8 Å². The van der Waals surface area contributed by atoms with Crippen molar-refractivity contribution >= 4 is 15.9 Å². The van der Waals surface area contributed by atoms with E-state index in [1.54, 1.807) is 0 Å². The number of aromatic nitrogens is 1. The second-order valence-corrected chi connectivity index (χ2v) is 5.98. The Morgan fingerprint density at radius 2 is 2.37 bits per heavy atom. The highest BCUT2D eigenvalue weighted by molar-refractivity contribution is 7.89. The first-order chi connectivity index (χ1) is 9.03. The van der Waals surface area contributed by atoms with Crippen LogP contribution in [0.5, 0.6) is 0 Å². The molecule has 1 aliphatic heterocycles. The van der Waals surface area contributed by atoms with Gasteiger partial charge in [0.05, 0.1) is 6.10 Å². The summed E-state index contributed by atoms with van der Waals surface area (Å²) in [5, 5.41) is 0. The quantitative estimate of drug-likeness (QED) is 0.316. The van der Waals surface area contributed by atoms with Crippen LogP contribution < -0.4 is 16.0 Å². The van der Waals surface area contributed by atoms with Crippen LogP contribution in [0.3, 0.4) is 0 Å². The molecule has 2 heterocycles. The van der Waals surface area contributed by atoms with Crippen molar-refractivity contribution in [2.45, 2.75) is 23.8 Å². The summed E-state index contributed by atoms with van der Waals surface area (Å²) in [4.78, 5) is 13.8. The molecule has 0 saturated carbocycles. The molecular formula is C10H16N4O4S. The minimum absolute atomic E-state index is 0.0101. The number of amides is 1. The van der Waals surface area contributed by atoms with Gasteiger partial charge in [0.2, 0.25) is 10.0 Å². The number of hydrazine groups is 1. The van der Waals surface area contributed by atoms with Gasteiger partial charge < -0.3 is 9.72 Å². The van der Waals surface area contributed by atoms with Crippen LogP contribution in [-0.4, -0.2) is 38.6 Å². The molecule has 5 N–H and O–H groups in total. The van der Waals surface area contributed by atoms with E-state index in [1.807, 2.05) is 5.43 Å². The molecule has 2 rings (SSSR count). The van der Waals surface area contributed by atoms with E-state index in [-0.39, 0.29) is 23.2 Å². The van der Waals surface area contributed by atoms with Crippen LogP contribution in [0.4, 0.5) is 0 Å². The second kappa shape index (κ2) is 5.70. The number of hydrogen-bond acceptors (Lipinski definition) is 5. The van der Waals surface area contributed by atoms with Crippen LogP contribution in [0.25, 0.3) is 0 Å². The minimum atomic E-state index is -3.65. The Bertz CT molecular complexity index is 548. The number of aromatic amines is 1. The fourth-order valence-electron chi connectivity index (χ4n) is 1.83. The van der Waals surface area contributed by atoms with Gasteiger partial charge in [-0.1, -0.05) is 0 Å². The lowest BCUT2D eigenvalue weighted by Crippen LogP contribution is -2.32. The van der Waals surface area contributed by atoms with Crippen molar-refractivity contribution in [2.75, 3.05) is 13.2 Å². The lowest BCUT2D eigenvalue weighted by atomic mass is 10.2. The smallest absolute Gasteiger partial charge is 0.281 e. The predicted octanol–water partition coefficient (Wildman–Crippen LogP) is -0.925. The number of carbonyl (C=O) groups excluding carboxylic acids is 1. The van der Waals surface area contributed by atoms with E-state index in [4.69, 9.17) is 10.6 Å². The van der Waals surface area contributed by atoms with Crippen LogP contribution in [0, 0.1) is 0 Å². The first-order valence-corrected chi connectivity index (χ1v) is 7.32. The fraction of sp³-hybridized carbons (Fsp3) is 0.500. The lowest BCUT2D eigenvalue weighted by molar-refractivity contribution is 0.0949. The number of H-pyrrole nitrogens is 1. The maximum Gasteiger partial charge on any atom is 0.281 e. The Morgan fingerprint density at radius 1 is 1.58 bits per heavy atom. The molecule has 1 atom stereocenters. The number of carbonyl (C=O) groups is 1. The molecule has 0 aliphatic carbocycles. The van der Waals surface area contributed by atoms with Crippen molar-refractivity contribution in [1.82, 2.24) is 15.1 Å². The van der Waals surface area contributed by atoms with Gasteiger partial charge in [-0.05, 0) is 18.9 Å². The van der Waals surface area contributed by atoms with Gasteiger partial charge in [0.1, 0.15) is 10.6 Å². The third-order valence-electron chi connectivity index (χ3n) is 2.87. The molecule has 1 aliphatic rings. The standard InChI is InChI=1S/C10H16N4O4S/c11-14-10(15)9-4-8(6-12-9)19(16,17)13-5-7-2-1-3-18-7/h4,6-7,12-13H,1-3,5,11H2,(H,14,15). The maximum absolute atomic E-state index is 12.0. The van der Waals surface area contributed by atoms with Gasteiger partial charge >= 0.3 is 0 Å². The summed E-state index contributed by atoms with van der Waals surface area (Å²) in [6.45, 7) is 0.892. The molecule has 0 spiro atoms. The molecule has 9 heteroatoms. The summed E-state index contributed by atoms with van der Waals surface area (Å²) >= 11 is 0. The second-order valence-electron chi connectivity index (χ2n) is 4.21. The Balaban J connectivity index is 2.02. The largest absolute Gasteiger partial charge is 0.377 e. The van der Waals surface area contributed by atoms with Crippen molar-refractivity contribution in [1.29, 1.82) is 0 Å². The predicted molar refractivity (Wildman–Crippen MR) is 66.6 cm³/mol. The molecule has 1 amide bonds. The van der Waals surface area contributed by atoms with E-state index in [0.29, 0.717) is 6.61 Å². The topological polar surface area (TPSA) is 126 Å². The number of sulfonamides is 1. The van der Waals surface area contributed by atoms with Crippen molar-refractivity contribution < 1.29 is 17.9 Å². The van der Waals surface area contributed by atoms with Crippen molar-refractivity contribution in [3.8, 4) is 0 Å². The van der Waals surface area contributed by atoms with E-state index < -0.39 is 15.9 Å². The van der Waals surface area contributed by atoms with Crippen LogP contribution in [0.2, 0.25) is 0 Å². The van der Waals surface area contributed by atoms with E-state index in [1.165, 1.54) is 12.3 Å². The Hall–Kier alpha value is -1.42. The summed E-state index contributed by atoms with van der Waals surface area (Å²) in [6.07, 6.45) is 2.94. The van der Waals surface area contributed by atoms with Gasteiger partial charge in [0.15, 0.2) is 0 Å². The number of nitrogen functional groups attached to an aromatic ring is 1. The molecule has 106 valence electrons. The zero-order valence-electron chi connectivity index (χ0n) is 10.2. The molecule has 0 radical (unpaired) electrons. The van der Waals surface area contributed by atoms with Crippen LogP contribution >= 0.6 is 0 Å². The Kier molecular flexibility index (Phi) is 4.20. The Morgan fingerprint density at radius 3 is 3.00 bits per heavy atom. The monoisotopic (exact) mass is 288 g/mol. The molecule has 1 unspecified atom stereocenters. The maximum atomic E-state index is 12.0. The zero-order chi connectivity index (χ0) is 13.9. The van der Waals surface area contributed by atoms with Gasteiger partial charge in [-0.15, -0.1) is 0 Å². The molecule has 1 aromatic rings. The van der Waals surface area contributed by atoms with Crippen molar-refractivity contribution in [2.24, 2.45) is 5.84 Å². The van der Waals surface area contributed by atoms with Crippen molar-refractivity contribution in [3.63, 3.8) is 0 Å². The summed E-state index contributed by atoms with van der Waals surface area (Å²) in [5.41, 5.74) is 2.00. The number of nitrogens with two attached hydrogens (primary N) is 1. The lowest BCUT2D eigenvalue weighted by Gasteiger charge is -2.10. The highest BCUT2D eigenvalue weighted by Crippen LogP contribution is 2.14. The number of nitrogens with one attached hydrogen (secondary N) is 3. The number of ether oxygens (including phenoxy) is 1. The van der Waals surface area contributed by atoms with Gasteiger partial charge in [-0.25, -0.2) is 19.0 Å². The molecule has 0 bridgehead atoms. The molecular weight excluding hydrogens is 272 g/mol. The van der Waals surface area contributed by atoms with E-state index in [0.717, 1.165) is 12.8 Å². The highest BCUT2D eigenvalue weighted by atomic mass is 32.2. The normalized spacial score (nSPS) is 19.5. The summed E-state index contributed by atoms with van der Waals surface area (Å²) < 4.78 is 31.7. The SMILES string of the molecule is NNC(=O)c1cc(S(=O)(=O)NCC2CCCO2)c[nH]1. The van der Waals surface area contributed by atoms with E-state index >= 15 is 0 Å². The fourth-order valence-corrected chi connectivity index (χ4v) is 2.89. The average molecular weight is 288 g/mol. The van der Waals surface area contributed by atoms with Gasteiger partial charge in [-0.3, -0.25) is 10.2 Å². The summed E-state index contributed by atoms with van der Waals surface area (Å²) in [5.74, 6) is 4.38. The minimum Gasteiger partial charge on any atom is -0.377 e. The third kappa shape index (κ3) is 3.32. The van der Waals surface area contributed by atoms with Crippen LogP contribution in [0.1, 0.15) is 23.3 Å². The van der Waals surface area contributed by atoms with E-state index in [9.17, 15) is 13.2 Å². The molecule has 19 heavy (non-hydrogen) atoms. The molecule has 1 fully saturated rings. The first-order valence-electron chi connectivity index (χ1n) is 5.83. The number of rotatable bonds is 5. The van der Waals surface area contributed by atoms with Crippen LogP contribution in [0.15, 0.2) is 17.2 Å². The number of hydrogen-bond donors (Lipinski definition) is 4. The van der Waals surface area contributed by atoms with Gasteiger partial charge in [0.25, 0.3) is 5.91 Å². The zero-order valence-corrected chi connectivity index (χ0v) is 11.0. The summed E-state index contributed by atoms with van der Waals surface area (Å²) in [6, 6.07) is 1.22. The van der Waals surface area contributed by atoms with Crippen molar-refractivity contribution in [3.05, 3.63) is 18.0 Å².